The van der Waals surface area contributed by atoms with Crippen molar-refractivity contribution in [3.05, 3.63) is 29.8 Å². The van der Waals surface area contributed by atoms with Gasteiger partial charge in [0.25, 0.3) is 0 Å². The van der Waals surface area contributed by atoms with Crippen LogP contribution in [-0.4, -0.2) is 39.9 Å². The molecule has 108 valence electrons. The Balaban J connectivity index is 2.81. The Morgan fingerprint density at radius 1 is 1.32 bits per heavy atom. The minimum absolute atomic E-state index is 0.129. The van der Waals surface area contributed by atoms with Gasteiger partial charge in [0.1, 0.15) is 0 Å². The van der Waals surface area contributed by atoms with Crippen molar-refractivity contribution in [2.24, 2.45) is 0 Å². The summed E-state index contributed by atoms with van der Waals surface area (Å²) in [6.45, 7) is 1.90. The second-order valence-corrected chi connectivity index (χ2v) is 6.06. The van der Waals surface area contributed by atoms with Gasteiger partial charge in [0.05, 0.1) is 24.2 Å². The highest BCUT2D eigenvalue weighted by atomic mass is 32.2. The first kappa shape index (κ1) is 16.1. The van der Waals surface area contributed by atoms with E-state index >= 15 is 0 Å². The molecule has 6 heteroatoms. The molecular weight excluding hydrogens is 266 g/mol. The number of rotatable bonds is 8. The summed E-state index contributed by atoms with van der Waals surface area (Å²) >= 11 is 0. The smallest absolute Gasteiger partial charge is 0.240 e. The maximum absolute atomic E-state index is 12.1. The van der Waals surface area contributed by atoms with Crippen LogP contribution in [-0.2, 0) is 21.2 Å². The molecule has 1 aromatic rings. The molecule has 5 nitrogen and oxygen atoms in total. The van der Waals surface area contributed by atoms with E-state index < -0.39 is 16.1 Å². The normalized spacial score (nSPS) is 13.4. The van der Waals surface area contributed by atoms with Gasteiger partial charge in [-0.05, 0) is 24.1 Å². The Morgan fingerprint density at radius 3 is 2.42 bits per heavy atom. The molecule has 0 bridgehead atoms. The second kappa shape index (κ2) is 7.59. The Morgan fingerprint density at radius 2 is 1.95 bits per heavy atom. The molecule has 0 aromatic heterocycles. The fourth-order valence-electron chi connectivity index (χ4n) is 1.74. The average molecular weight is 287 g/mol. The van der Waals surface area contributed by atoms with Crippen molar-refractivity contribution in [2.75, 3.05) is 20.3 Å². The monoisotopic (exact) mass is 287 g/mol. The topological polar surface area (TPSA) is 75.6 Å². The van der Waals surface area contributed by atoms with Crippen molar-refractivity contribution in [1.29, 1.82) is 0 Å². The first-order chi connectivity index (χ1) is 9.03. The van der Waals surface area contributed by atoms with Gasteiger partial charge in [-0.1, -0.05) is 25.5 Å². The molecule has 2 N–H and O–H groups in total. The zero-order valence-electron chi connectivity index (χ0n) is 11.3. The van der Waals surface area contributed by atoms with Gasteiger partial charge in [0.15, 0.2) is 0 Å². The first-order valence-corrected chi connectivity index (χ1v) is 7.73. The molecule has 0 aliphatic rings. The van der Waals surface area contributed by atoms with Crippen LogP contribution >= 0.6 is 0 Å². The quantitative estimate of drug-likeness (QED) is 0.745. The first-order valence-electron chi connectivity index (χ1n) is 6.24. The van der Waals surface area contributed by atoms with E-state index in [1.807, 2.05) is 12.1 Å². The lowest BCUT2D eigenvalue weighted by molar-refractivity contribution is 0.139. The zero-order valence-corrected chi connectivity index (χ0v) is 12.1. The third-order valence-electron chi connectivity index (χ3n) is 2.68. The number of sulfonamides is 1. The number of methoxy groups -OCH3 is 1. The van der Waals surface area contributed by atoms with Crippen molar-refractivity contribution >= 4 is 10.0 Å². The van der Waals surface area contributed by atoms with Gasteiger partial charge >= 0.3 is 0 Å². The van der Waals surface area contributed by atoms with E-state index in [-0.39, 0.29) is 18.1 Å². The summed E-state index contributed by atoms with van der Waals surface area (Å²) in [6.07, 6.45) is 1.95. The van der Waals surface area contributed by atoms with Crippen LogP contribution < -0.4 is 4.72 Å². The van der Waals surface area contributed by atoms with Crippen LogP contribution in [0.15, 0.2) is 29.2 Å². The zero-order chi connectivity index (χ0) is 14.3. The van der Waals surface area contributed by atoms with Crippen LogP contribution in [0.3, 0.4) is 0 Å². The number of aliphatic hydroxyl groups excluding tert-OH is 1. The van der Waals surface area contributed by atoms with Gasteiger partial charge in [0.2, 0.25) is 10.0 Å². The molecule has 0 aliphatic heterocycles. The van der Waals surface area contributed by atoms with Crippen molar-refractivity contribution in [3.8, 4) is 0 Å². The van der Waals surface area contributed by atoms with Gasteiger partial charge in [0, 0.05) is 7.11 Å². The molecule has 0 fully saturated rings. The number of ether oxygens (including phenoxy) is 1. The molecule has 1 unspecified atom stereocenters. The fourth-order valence-corrected chi connectivity index (χ4v) is 2.95. The van der Waals surface area contributed by atoms with E-state index in [9.17, 15) is 8.42 Å². The molecule has 1 aromatic carbocycles. The van der Waals surface area contributed by atoms with Crippen molar-refractivity contribution < 1.29 is 18.3 Å². The number of aliphatic hydroxyl groups is 1. The van der Waals surface area contributed by atoms with E-state index in [1.54, 1.807) is 12.1 Å². The summed E-state index contributed by atoms with van der Waals surface area (Å²) in [4.78, 5) is 0.196. The van der Waals surface area contributed by atoms with Crippen LogP contribution in [0.4, 0.5) is 0 Å². The van der Waals surface area contributed by atoms with Crippen molar-refractivity contribution in [2.45, 2.75) is 30.7 Å². The minimum atomic E-state index is -3.62. The molecule has 1 rings (SSSR count). The van der Waals surface area contributed by atoms with Crippen LogP contribution in [0.1, 0.15) is 18.9 Å². The van der Waals surface area contributed by atoms with E-state index in [1.165, 1.54) is 7.11 Å². The summed E-state index contributed by atoms with van der Waals surface area (Å²) in [5, 5.41) is 9.07. The molecule has 0 radical (unpaired) electrons. The fraction of sp³-hybridized carbons (Fsp3) is 0.538. The van der Waals surface area contributed by atoms with E-state index in [0.717, 1.165) is 18.4 Å². The molecule has 0 heterocycles. The summed E-state index contributed by atoms with van der Waals surface area (Å²) in [6, 6.07) is 6.14. The lowest BCUT2D eigenvalue weighted by Gasteiger charge is -2.15. The molecule has 1 atom stereocenters. The van der Waals surface area contributed by atoms with Crippen LogP contribution in [0, 0.1) is 0 Å². The van der Waals surface area contributed by atoms with Gasteiger partial charge in [-0.25, -0.2) is 13.1 Å². The molecule has 0 amide bonds. The lowest BCUT2D eigenvalue weighted by Crippen LogP contribution is -2.40. The summed E-state index contributed by atoms with van der Waals surface area (Å²) < 4.78 is 31.4. The third-order valence-corrected chi connectivity index (χ3v) is 4.22. The number of nitrogens with one attached hydrogen (secondary N) is 1. The number of aryl methyl sites for hydroxylation is 1. The number of hydrogen-bond acceptors (Lipinski definition) is 4. The Labute approximate surface area is 114 Å². The van der Waals surface area contributed by atoms with Crippen molar-refractivity contribution in [1.82, 2.24) is 4.72 Å². The summed E-state index contributed by atoms with van der Waals surface area (Å²) in [7, 11) is -2.16. The van der Waals surface area contributed by atoms with E-state index in [4.69, 9.17) is 9.84 Å². The maximum atomic E-state index is 12.1. The SMILES string of the molecule is CCCc1ccc(S(=O)(=O)NC(CO)COC)cc1. The van der Waals surface area contributed by atoms with Gasteiger partial charge in [-0.15, -0.1) is 0 Å². The van der Waals surface area contributed by atoms with Gasteiger partial charge in [-0.3, -0.25) is 0 Å². The maximum Gasteiger partial charge on any atom is 0.240 e. The van der Waals surface area contributed by atoms with Crippen LogP contribution in [0.25, 0.3) is 0 Å². The molecular formula is C13H21NO4S. The van der Waals surface area contributed by atoms with E-state index in [0.29, 0.717) is 0 Å². The van der Waals surface area contributed by atoms with E-state index in [2.05, 4.69) is 11.6 Å². The minimum Gasteiger partial charge on any atom is -0.395 e. The Hall–Kier alpha value is -0.950. The Kier molecular flexibility index (Phi) is 6.44. The third kappa shape index (κ3) is 4.91. The van der Waals surface area contributed by atoms with Crippen LogP contribution in [0.5, 0.6) is 0 Å². The second-order valence-electron chi connectivity index (χ2n) is 4.35. The summed E-state index contributed by atoms with van der Waals surface area (Å²) in [5.41, 5.74) is 1.11. The molecule has 19 heavy (non-hydrogen) atoms. The molecule has 0 saturated carbocycles. The number of hydrogen-bond donors (Lipinski definition) is 2. The van der Waals surface area contributed by atoms with Crippen LogP contribution in [0.2, 0.25) is 0 Å². The molecule has 0 aliphatic carbocycles. The van der Waals surface area contributed by atoms with Gasteiger partial charge < -0.3 is 9.84 Å². The lowest BCUT2D eigenvalue weighted by atomic mass is 10.1. The molecule has 0 saturated heterocycles. The largest absolute Gasteiger partial charge is 0.395 e. The number of benzene rings is 1. The highest BCUT2D eigenvalue weighted by molar-refractivity contribution is 7.89. The van der Waals surface area contributed by atoms with Gasteiger partial charge in [-0.2, -0.15) is 0 Å². The predicted octanol–water partition coefficient (Wildman–Crippen LogP) is 0.925. The van der Waals surface area contributed by atoms with Crippen molar-refractivity contribution in [3.63, 3.8) is 0 Å². The predicted molar refractivity (Wildman–Crippen MR) is 73.5 cm³/mol. The standard InChI is InChI=1S/C13H21NO4S/c1-3-4-11-5-7-13(8-6-11)19(16,17)14-12(9-15)10-18-2/h5-8,12,14-15H,3-4,9-10H2,1-2H3. The molecule has 0 spiro atoms. The highest BCUT2D eigenvalue weighted by Crippen LogP contribution is 2.12. The highest BCUT2D eigenvalue weighted by Gasteiger charge is 2.19. The summed E-state index contributed by atoms with van der Waals surface area (Å²) in [5.74, 6) is 0. The average Bonchev–Trinajstić information content (AvgIpc) is 2.39. The Bertz CT molecular complexity index is 470.